The lowest BCUT2D eigenvalue weighted by molar-refractivity contribution is -0.137. The summed E-state index contributed by atoms with van der Waals surface area (Å²) in [5.74, 6) is 0.0886. The number of aryl methyl sites for hydroxylation is 1. The largest absolute Gasteiger partial charge is 0.418 e. The van der Waals surface area contributed by atoms with E-state index in [1.807, 2.05) is 0 Å². The lowest BCUT2D eigenvalue weighted by atomic mass is 10.1. The van der Waals surface area contributed by atoms with Crippen LogP contribution in [0.15, 0.2) is 29.4 Å². The van der Waals surface area contributed by atoms with Gasteiger partial charge in [0.2, 0.25) is 5.91 Å². The molecule has 0 aliphatic rings. The number of benzene rings is 1. The monoisotopic (exact) mass is 330 g/mol. The summed E-state index contributed by atoms with van der Waals surface area (Å²) >= 11 is 1.10. The first-order chi connectivity index (χ1) is 10.3. The quantitative estimate of drug-likeness (QED) is 0.876. The van der Waals surface area contributed by atoms with E-state index in [9.17, 15) is 18.0 Å². The molecule has 1 aromatic heterocycles. The molecule has 2 aromatic rings. The fourth-order valence-electron chi connectivity index (χ4n) is 1.67. The van der Waals surface area contributed by atoms with Crippen LogP contribution in [-0.4, -0.2) is 26.4 Å². The van der Waals surface area contributed by atoms with E-state index in [1.54, 1.807) is 18.5 Å². The summed E-state index contributed by atoms with van der Waals surface area (Å²) in [6.45, 7) is 1.76. The summed E-state index contributed by atoms with van der Waals surface area (Å²) in [5, 5.41) is 10.5. The number of thioether (sulfide) groups is 1. The van der Waals surface area contributed by atoms with Crippen LogP contribution < -0.4 is 5.32 Å². The molecule has 0 saturated carbocycles. The zero-order valence-electron chi connectivity index (χ0n) is 11.8. The van der Waals surface area contributed by atoms with Crippen molar-refractivity contribution in [3.63, 3.8) is 0 Å². The SMILES string of the molecule is Cc1nnc(SCC(=O)Nc2ccccc2C(F)(F)F)n1C. The third kappa shape index (κ3) is 3.79. The van der Waals surface area contributed by atoms with Gasteiger partial charge in [0.15, 0.2) is 5.16 Å². The smallest absolute Gasteiger partial charge is 0.325 e. The second-order valence-corrected chi connectivity index (χ2v) is 5.41. The molecule has 118 valence electrons. The van der Waals surface area contributed by atoms with Gasteiger partial charge in [-0.1, -0.05) is 23.9 Å². The molecule has 1 aromatic carbocycles. The van der Waals surface area contributed by atoms with E-state index in [-0.39, 0.29) is 11.4 Å². The number of hydrogen-bond donors (Lipinski definition) is 1. The highest BCUT2D eigenvalue weighted by atomic mass is 32.2. The molecule has 22 heavy (non-hydrogen) atoms. The number of aromatic nitrogens is 3. The molecular weight excluding hydrogens is 317 g/mol. The lowest BCUT2D eigenvalue weighted by Gasteiger charge is -2.13. The molecule has 9 heteroatoms. The van der Waals surface area contributed by atoms with Gasteiger partial charge in [0.25, 0.3) is 0 Å². The maximum atomic E-state index is 12.8. The number of rotatable bonds is 4. The van der Waals surface area contributed by atoms with Crippen LogP contribution in [-0.2, 0) is 18.0 Å². The van der Waals surface area contributed by atoms with Crippen LogP contribution >= 0.6 is 11.8 Å². The van der Waals surface area contributed by atoms with Crippen molar-refractivity contribution < 1.29 is 18.0 Å². The minimum atomic E-state index is -4.52. The number of amides is 1. The molecular formula is C13H13F3N4OS. The molecule has 0 fully saturated rings. The molecule has 0 aliphatic carbocycles. The van der Waals surface area contributed by atoms with Crippen molar-refractivity contribution >= 4 is 23.4 Å². The Morgan fingerprint density at radius 3 is 2.59 bits per heavy atom. The number of nitrogens with one attached hydrogen (secondary N) is 1. The second kappa shape index (κ2) is 6.39. The summed E-state index contributed by atoms with van der Waals surface area (Å²) in [4.78, 5) is 11.8. The van der Waals surface area contributed by atoms with Crippen LogP contribution in [0.2, 0.25) is 0 Å². The molecule has 1 heterocycles. The van der Waals surface area contributed by atoms with Gasteiger partial charge in [-0.2, -0.15) is 13.2 Å². The number of hydrogen-bond acceptors (Lipinski definition) is 4. The van der Waals surface area contributed by atoms with Gasteiger partial charge in [-0.25, -0.2) is 0 Å². The first-order valence-corrected chi connectivity index (χ1v) is 7.22. The van der Waals surface area contributed by atoms with Gasteiger partial charge < -0.3 is 9.88 Å². The van der Waals surface area contributed by atoms with Crippen molar-refractivity contribution in [3.05, 3.63) is 35.7 Å². The number of halogens is 3. The zero-order valence-corrected chi connectivity index (χ0v) is 12.6. The fraction of sp³-hybridized carbons (Fsp3) is 0.308. The molecule has 1 amide bonds. The van der Waals surface area contributed by atoms with Gasteiger partial charge >= 0.3 is 6.18 Å². The summed E-state index contributed by atoms with van der Waals surface area (Å²) in [5.41, 5.74) is -1.13. The standard InChI is InChI=1S/C13H13F3N4OS/c1-8-18-19-12(20(8)2)22-7-11(21)17-10-6-4-3-5-9(10)13(14,15)16/h3-6H,7H2,1-2H3,(H,17,21). The van der Waals surface area contributed by atoms with Crippen molar-refractivity contribution in [3.8, 4) is 0 Å². The first-order valence-electron chi connectivity index (χ1n) is 6.24. The third-order valence-electron chi connectivity index (χ3n) is 2.89. The Morgan fingerprint density at radius 2 is 2.00 bits per heavy atom. The molecule has 0 bridgehead atoms. The highest BCUT2D eigenvalue weighted by molar-refractivity contribution is 7.99. The van der Waals surface area contributed by atoms with Crippen molar-refractivity contribution in [2.75, 3.05) is 11.1 Å². The maximum Gasteiger partial charge on any atom is 0.418 e. The first kappa shape index (κ1) is 16.3. The Bertz CT molecular complexity index is 684. The van der Waals surface area contributed by atoms with E-state index < -0.39 is 17.6 Å². The van der Waals surface area contributed by atoms with Gasteiger partial charge in [0.1, 0.15) is 5.82 Å². The Kier molecular flexibility index (Phi) is 4.74. The van der Waals surface area contributed by atoms with Crippen molar-refractivity contribution in [1.29, 1.82) is 0 Å². The van der Waals surface area contributed by atoms with E-state index in [1.165, 1.54) is 18.2 Å². The lowest BCUT2D eigenvalue weighted by Crippen LogP contribution is -2.18. The molecule has 0 radical (unpaired) electrons. The van der Waals surface area contributed by atoms with E-state index in [0.29, 0.717) is 11.0 Å². The van der Waals surface area contributed by atoms with E-state index >= 15 is 0 Å². The van der Waals surface area contributed by atoms with Crippen LogP contribution in [0.25, 0.3) is 0 Å². The van der Waals surface area contributed by atoms with E-state index in [2.05, 4.69) is 15.5 Å². The number of anilines is 1. The minimum absolute atomic E-state index is 0.0574. The molecule has 0 spiro atoms. The molecule has 1 N–H and O–H groups in total. The summed E-state index contributed by atoms with van der Waals surface area (Å²) in [6, 6.07) is 4.85. The number of alkyl halides is 3. The Balaban J connectivity index is 2.03. The number of carbonyl (C=O) groups is 1. The molecule has 0 unspecified atom stereocenters. The Morgan fingerprint density at radius 1 is 1.32 bits per heavy atom. The van der Waals surface area contributed by atoms with E-state index in [4.69, 9.17) is 0 Å². The van der Waals surface area contributed by atoms with Crippen LogP contribution in [0.3, 0.4) is 0 Å². The fourth-order valence-corrected chi connectivity index (χ4v) is 2.43. The average molecular weight is 330 g/mol. The summed E-state index contributed by atoms with van der Waals surface area (Å²) in [7, 11) is 1.74. The van der Waals surface area contributed by atoms with Crippen molar-refractivity contribution in [2.24, 2.45) is 7.05 Å². The second-order valence-electron chi connectivity index (χ2n) is 4.47. The van der Waals surface area contributed by atoms with Gasteiger partial charge in [0, 0.05) is 7.05 Å². The Labute approximate surface area is 128 Å². The maximum absolute atomic E-state index is 12.8. The molecule has 0 atom stereocenters. The number of para-hydroxylation sites is 1. The van der Waals surface area contributed by atoms with Gasteiger partial charge in [-0.15, -0.1) is 10.2 Å². The highest BCUT2D eigenvalue weighted by Gasteiger charge is 2.33. The van der Waals surface area contributed by atoms with Crippen LogP contribution in [0.4, 0.5) is 18.9 Å². The predicted molar refractivity (Wildman–Crippen MR) is 76.5 cm³/mol. The average Bonchev–Trinajstić information content (AvgIpc) is 2.76. The van der Waals surface area contributed by atoms with E-state index in [0.717, 1.165) is 17.8 Å². The molecule has 0 aliphatic heterocycles. The van der Waals surface area contributed by atoms with Gasteiger partial charge in [-0.3, -0.25) is 4.79 Å². The van der Waals surface area contributed by atoms with Crippen LogP contribution in [0, 0.1) is 6.92 Å². The highest BCUT2D eigenvalue weighted by Crippen LogP contribution is 2.34. The molecule has 0 saturated heterocycles. The normalized spacial score (nSPS) is 11.5. The number of carbonyl (C=O) groups excluding carboxylic acids is 1. The summed E-state index contributed by atoms with van der Waals surface area (Å²) in [6.07, 6.45) is -4.52. The van der Waals surface area contributed by atoms with Crippen molar-refractivity contribution in [2.45, 2.75) is 18.3 Å². The predicted octanol–water partition coefficient (Wildman–Crippen LogP) is 2.87. The third-order valence-corrected chi connectivity index (χ3v) is 3.91. The van der Waals surface area contributed by atoms with Gasteiger partial charge in [0.05, 0.1) is 17.0 Å². The number of nitrogens with zero attached hydrogens (tertiary/aromatic N) is 3. The minimum Gasteiger partial charge on any atom is -0.325 e. The summed E-state index contributed by atoms with van der Waals surface area (Å²) < 4.78 is 40.2. The van der Waals surface area contributed by atoms with Crippen LogP contribution in [0.5, 0.6) is 0 Å². The Hall–Kier alpha value is -2.03. The van der Waals surface area contributed by atoms with Crippen LogP contribution in [0.1, 0.15) is 11.4 Å². The zero-order chi connectivity index (χ0) is 16.3. The molecule has 2 rings (SSSR count). The van der Waals surface area contributed by atoms with Crippen molar-refractivity contribution in [1.82, 2.24) is 14.8 Å². The molecule has 5 nitrogen and oxygen atoms in total. The van der Waals surface area contributed by atoms with Gasteiger partial charge in [-0.05, 0) is 19.1 Å². The topological polar surface area (TPSA) is 59.8 Å².